The lowest BCUT2D eigenvalue weighted by molar-refractivity contribution is 0.171. The number of halogens is 2. The average molecular weight is 453 g/mol. The fourth-order valence-electron chi connectivity index (χ4n) is 5.26. The number of benzene rings is 1. The van der Waals surface area contributed by atoms with Crippen LogP contribution in [0.1, 0.15) is 32.1 Å². The smallest absolute Gasteiger partial charge is 0.185 e. The quantitative estimate of drug-likeness (QED) is 0.614. The number of phenols is 1. The maximum absolute atomic E-state index is 15.2. The van der Waals surface area contributed by atoms with E-state index in [0.29, 0.717) is 17.4 Å². The van der Waals surface area contributed by atoms with Crippen LogP contribution in [0.5, 0.6) is 5.75 Å². The number of phenolic OH excluding ortho intramolecular Hbond substituents is 1. The van der Waals surface area contributed by atoms with Gasteiger partial charge in [-0.05, 0) is 44.2 Å². The lowest BCUT2D eigenvalue weighted by Crippen LogP contribution is -2.57. The van der Waals surface area contributed by atoms with Crippen molar-refractivity contribution in [1.82, 2.24) is 30.3 Å². The molecule has 0 spiro atoms. The van der Waals surface area contributed by atoms with E-state index in [1.54, 1.807) is 24.1 Å². The fraction of sp³-hybridized carbons (Fsp3) is 0.478. The molecule has 2 N–H and O–H groups in total. The molecule has 4 unspecified atom stereocenters. The number of rotatable bonds is 5. The van der Waals surface area contributed by atoms with Crippen LogP contribution in [0, 0.1) is 5.82 Å². The SMILES string of the molecule is Cn1cc(-c2cc(O)c(-c3ncc(N(C4CC4)C4CC5CCC(N5)C4F)nn3)cc2F)cn1. The van der Waals surface area contributed by atoms with Crippen LogP contribution in [0.25, 0.3) is 22.5 Å². The number of aromatic nitrogens is 5. The predicted octanol–water partition coefficient (Wildman–Crippen LogP) is 2.98. The van der Waals surface area contributed by atoms with E-state index in [-0.39, 0.29) is 40.8 Å². The van der Waals surface area contributed by atoms with E-state index in [1.807, 2.05) is 4.90 Å². The molecule has 1 saturated carbocycles. The van der Waals surface area contributed by atoms with Crippen molar-refractivity contribution in [2.45, 2.75) is 62.4 Å². The molecule has 1 aliphatic carbocycles. The predicted molar refractivity (Wildman–Crippen MR) is 118 cm³/mol. The van der Waals surface area contributed by atoms with Crippen molar-refractivity contribution in [2.75, 3.05) is 4.90 Å². The minimum absolute atomic E-state index is 0.103. The number of nitrogens with zero attached hydrogens (tertiary/aromatic N) is 6. The highest BCUT2D eigenvalue weighted by Crippen LogP contribution is 2.40. The second kappa shape index (κ2) is 7.72. The van der Waals surface area contributed by atoms with Gasteiger partial charge in [-0.15, -0.1) is 10.2 Å². The van der Waals surface area contributed by atoms with Gasteiger partial charge in [-0.25, -0.2) is 13.8 Å². The van der Waals surface area contributed by atoms with Crippen LogP contribution in [0.4, 0.5) is 14.6 Å². The van der Waals surface area contributed by atoms with Gasteiger partial charge in [-0.3, -0.25) is 4.68 Å². The minimum atomic E-state index is -0.969. The molecule has 6 rings (SSSR count). The summed E-state index contributed by atoms with van der Waals surface area (Å²) >= 11 is 0. The highest BCUT2D eigenvalue weighted by Gasteiger charge is 2.48. The van der Waals surface area contributed by atoms with Crippen LogP contribution in [0.3, 0.4) is 0 Å². The number of fused-ring (bicyclic) bond motifs is 2. The van der Waals surface area contributed by atoms with E-state index in [0.717, 1.165) is 32.1 Å². The van der Waals surface area contributed by atoms with Crippen molar-refractivity contribution in [3.05, 3.63) is 36.5 Å². The molecule has 1 aromatic carbocycles. The Morgan fingerprint density at radius 3 is 2.67 bits per heavy atom. The number of hydrogen-bond acceptors (Lipinski definition) is 7. The van der Waals surface area contributed by atoms with Gasteiger partial charge in [0.25, 0.3) is 0 Å². The molecule has 3 aliphatic rings. The molecule has 2 aliphatic heterocycles. The number of aryl methyl sites for hydroxylation is 1. The Labute approximate surface area is 189 Å². The summed E-state index contributed by atoms with van der Waals surface area (Å²) in [6.45, 7) is 0. The van der Waals surface area contributed by atoms with E-state index < -0.39 is 12.0 Å². The van der Waals surface area contributed by atoms with Gasteiger partial charge in [0.2, 0.25) is 0 Å². The molecule has 10 heteroatoms. The first-order chi connectivity index (χ1) is 16.0. The molecule has 0 radical (unpaired) electrons. The summed E-state index contributed by atoms with van der Waals surface area (Å²) in [5.74, 6) is -0.0240. The number of hydrogen-bond donors (Lipinski definition) is 2. The van der Waals surface area contributed by atoms with Crippen molar-refractivity contribution < 1.29 is 13.9 Å². The standard InChI is InChI=1S/C23H25F2N7O/c1-31-11-12(9-27-31)15-8-20(33)16(7-17(15)24)23-26-10-21(29-30-23)32(14-3-4-14)19-6-13-2-5-18(28-13)22(19)25/h7-11,13-14,18-19,22,28,33H,2-6H2,1H3. The van der Waals surface area contributed by atoms with E-state index >= 15 is 4.39 Å². The highest BCUT2D eigenvalue weighted by molar-refractivity contribution is 5.73. The third-order valence-corrected chi connectivity index (χ3v) is 7.01. The molecule has 4 atom stereocenters. The molecule has 33 heavy (non-hydrogen) atoms. The zero-order valence-corrected chi connectivity index (χ0v) is 18.2. The molecule has 8 nitrogen and oxygen atoms in total. The van der Waals surface area contributed by atoms with Crippen LogP contribution < -0.4 is 10.2 Å². The summed E-state index contributed by atoms with van der Waals surface area (Å²) in [6, 6.07) is 2.78. The molecule has 2 bridgehead atoms. The fourth-order valence-corrected chi connectivity index (χ4v) is 5.26. The van der Waals surface area contributed by atoms with Crippen molar-refractivity contribution in [1.29, 1.82) is 0 Å². The summed E-state index contributed by atoms with van der Waals surface area (Å²) in [7, 11) is 1.74. The van der Waals surface area contributed by atoms with E-state index in [1.165, 1.54) is 18.3 Å². The zero-order valence-electron chi connectivity index (χ0n) is 18.2. The summed E-state index contributed by atoms with van der Waals surface area (Å²) in [5.41, 5.74) is 0.951. The average Bonchev–Trinajstić information content (AvgIpc) is 3.41. The van der Waals surface area contributed by atoms with Crippen molar-refractivity contribution >= 4 is 5.82 Å². The second-order valence-electron chi connectivity index (χ2n) is 9.33. The van der Waals surface area contributed by atoms with Crippen LogP contribution in [0.2, 0.25) is 0 Å². The molecule has 2 aromatic heterocycles. The van der Waals surface area contributed by atoms with Crippen molar-refractivity contribution in [3.8, 4) is 28.3 Å². The van der Waals surface area contributed by atoms with Crippen LogP contribution in [0.15, 0.2) is 30.7 Å². The number of nitrogens with one attached hydrogen (secondary N) is 1. The number of anilines is 1. The Morgan fingerprint density at radius 1 is 1.12 bits per heavy atom. The number of piperidine rings is 1. The maximum Gasteiger partial charge on any atom is 0.185 e. The Kier molecular flexibility index (Phi) is 4.79. The maximum atomic E-state index is 15.2. The zero-order chi connectivity index (χ0) is 22.7. The molecule has 4 heterocycles. The first kappa shape index (κ1) is 20.5. The summed E-state index contributed by atoms with van der Waals surface area (Å²) in [4.78, 5) is 6.41. The van der Waals surface area contributed by atoms with Gasteiger partial charge >= 0.3 is 0 Å². The van der Waals surface area contributed by atoms with Gasteiger partial charge in [0.1, 0.15) is 17.7 Å². The third kappa shape index (κ3) is 3.62. The lowest BCUT2D eigenvalue weighted by atomic mass is 9.96. The minimum Gasteiger partial charge on any atom is -0.507 e. The normalized spacial score (nSPS) is 26.5. The molecular formula is C23H25F2N7O. The van der Waals surface area contributed by atoms with E-state index in [9.17, 15) is 9.50 Å². The topological polar surface area (TPSA) is 92.0 Å². The Bertz CT molecular complexity index is 1180. The summed E-state index contributed by atoms with van der Waals surface area (Å²) < 4.78 is 31.6. The Balaban J connectivity index is 1.29. The van der Waals surface area contributed by atoms with Gasteiger partial charge in [-0.1, -0.05) is 0 Å². The van der Waals surface area contributed by atoms with Crippen LogP contribution in [-0.2, 0) is 7.05 Å². The van der Waals surface area contributed by atoms with Crippen LogP contribution in [-0.4, -0.2) is 60.4 Å². The van der Waals surface area contributed by atoms with Gasteiger partial charge in [0, 0.05) is 42.5 Å². The highest BCUT2D eigenvalue weighted by atomic mass is 19.1. The summed E-state index contributed by atoms with van der Waals surface area (Å²) in [6.07, 6.45) is 8.39. The molecule has 3 fully saturated rings. The number of aromatic hydroxyl groups is 1. The molecule has 172 valence electrons. The Morgan fingerprint density at radius 2 is 1.97 bits per heavy atom. The molecule has 3 aromatic rings. The lowest BCUT2D eigenvalue weighted by Gasteiger charge is -2.40. The number of alkyl halides is 1. The monoisotopic (exact) mass is 453 g/mol. The van der Waals surface area contributed by atoms with Gasteiger partial charge in [0.15, 0.2) is 11.6 Å². The van der Waals surface area contributed by atoms with E-state index in [4.69, 9.17) is 0 Å². The van der Waals surface area contributed by atoms with Crippen molar-refractivity contribution in [3.63, 3.8) is 0 Å². The largest absolute Gasteiger partial charge is 0.507 e. The van der Waals surface area contributed by atoms with Crippen molar-refractivity contribution in [2.24, 2.45) is 7.05 Å². The van der Waals surface area contributed by atoms with Gasteiger partial charge in [0.05, 0.1) is 24.0 Å². The van der Waals surface area contributed by atoms with Gasteiger partial charge < -0.3 is 15.3 Å². The van der Waals surface area contributed by atoms with Crippen LogP contribution >= 0.6 is 0 Å². The molecule has 0 amide bonds. The Hall–Kier alpha value is -3.14. The summed E-state index contributed by atoms with van der Waals surface area (Å²) in [5, 5.41) is 26.5. The molecular weight excluding hydrogens is 428 g/mol. The van der Waals surface area contributed by atoms with Gasteiger partial charge in [-0.2, -0.15) is 5.10 Å². The second-order valence-corrected chi connectivity index (χ2v) is 9.33. The molecule has 2 saturated heterocycles. The first-order valence-electron chi connectivity index (χ1n) is 11.4. The first-order valence-corrected chi connectivity index (χ1v) is 11.4. The third-order valence-electron chi connectivity index (χ3n) is 7.01. The van der Waals surface area contributed by atoms with E-state index in [2.05, 4.69) is 25.6 Å².